The minimum absolute atomic E-state index is 0.359. The summed E-state index contributed by atoms with van der Waals surface area (Å²) < 4.78 is 4.98. The average Bonchev–Trinajstić information content (AvgIpc) is 3.28. The predicted molar refractivity (Wildman–Crippen MR) is 99.3 cm³/mol. The quantitative estimate of drug-likeness (QED) is 0.522. The van der Waals surface area contributed by atoms with Gasteiger partial charge in [0, 0.05) is 20.5 Å². The Balaban J connectivity index is 1.68. The summed E-state index contributed by atoms with van der Waals surface area (Å²) in [5, 5.41) is 7.14. The van der Waals surface area contributed by atoms with Crippen molar-refractivity contribution in [3.63, 3.8) is 0 Å². The Hall–Kier alpha value is -3.16. The molecule has 0 bridgehead atoms. The zero-order valence-corrected chi connectivity index (χ0v) is 15.2. The molecule has 0 spiro atoms. The van der Waals surface area contributed by atoms with Crippen LogP contribution in [-0.4, -0.2) is 44.6 Å². The number of aliphatic imine (C=N–C) groups is 1. The van der Waals surface area contributed by atoms with E-state index in [-0.39, 0.29) is 0 Å². The highest BCUT2D eigenvalue weighted by Gasteiger charge is 2.10. The van der Waals surface area contributed by atoms with Crippen LogP contribution in [0.15, 0.2) is 46.0 Å². The van der Waals surface area contributed by atoms with Crippen LogP contribution in [0, 0.1) is 6.92 Å². The molecule has 1 aromatic carbocycles. The Morgan fingerprint density at radius 2 is 2.12 bits per heavy atom. The second-order valence-electron chi connectivity index (χ2n) is 5.87. The van der Waals surface area contributed by atoms with Gasteiger partial charge in [0.25, 0.3) is 0 Å². The van der Waals surface area contributed by atoms with Crippen molar-refractivity contribution in [1.29, 1.82) is 0 Å². The monoisotopic (exact) mass is 353 g/mol. The number of nitrogens with one attached hydrogen (secondary N) is 2. The molecule has 0 atom stereocenters. The molecule has 2 aromatic heterocycles. The summed E-state index contributed by atoms with van der Waals surface area (Å²) >= 11 is 0. The first-order chi connectivity index (χ1) is 12.7. The van der Waals surface area contributed by atoms with Gasteiger partial charge in [-0.3, -0.25) is 0 Å². The second kappa shape index (κ2) is 8.28. The number of imidazole rings is 1. The van der Waals surface area contributed by atoms with E-state index in [9.17, 15) is 0 Å². The topological polar surface area (TPSA) is 95.2 Å². The molecule has 3 aromatic rings. The lowest BCUT2D eigenvalue weighted by Crippen LogP contribution is -2.38. The predicted octanol–water partition coefficient (Wildman–Crippen LogP) is 2.37. The third-order valence-corrected chi connectivity index (χ3v) is 3.74. The molecule has 136 valence electrons. The highest BCUT2D eigenvalue weighted by atomic mass is 16.5. The van der Waals surface area contributed by atoms with Crippen LogP contribution in [0.3, 0.4) is 0 Å². The van der Waals surface area contributed by atoms with E-state index in [1.165, 1.54) is 0 Å². The number of aromatic amines is 1. The zero-order valence-electron chi connectivity index (χ0n) is 15.2. The summed E-state index contributed by atoms with van der Waals surface area (Å²) in [5.41, 5.74) is 2.11. The lowest BCUT2D eigenvalue weighted by Gasteiger charge is -2.20. The van der Waals surface area contributed by atoms with Crippen LogP contribution in [0.2, 0.25) is 0 Å². The molecule has 2 N–H and O–H groups in total. The van der Waals surface area contributed by atoms with Gasteiger partial charge in [0.1, 0.15) is 12.4 Å². The highest BCUT2D eigenvalue weighted by Crippen LogP contribution is 2.16. The molecule has 8 nitrogen and oxygen atoms in total. The molecule has 0 aliphatic heterocycles. The molecule has 3 rings (SSSR count). The third-order valence-electron chi connectivity index (χ3n) is 3.74. The number of guanidine groups is 1. The van der Waals surface area contributed by atoms with Crippen LogP contribution in [0.4, 0.5) is 0 Å². The molecule has 2 heterocycles. The van der Waals surface area contributed by atoms with Gasteiger partial charge < -0.3 is 19.7 Å². The summed E-state index contributed by atoms with van der Waals surface area (Å²) in [4.78, 5) is 18.6. The van der Waals surface area contributed by atoms with Gasteiger partial charge in [0.05, 0.1) is 18.4 Å². The first kappa shape index (κ1) is 17.7. The Kier molecular flexibility index (Phi) is 5.62. The molecule has 0 saturated carbocycles. The lowest BCUT2D eigenvalue weighted by molar-refractivity contribution is 0.387. The van der Waals surface area contributed by atoms with E-state index in [0.29, 0.717) is 24.8 Å². The first-order valence-electron chi connectivity index (χ1n) is 8.53. The van der Waals surface area contributed by atoms with E-state index in [2.05, 4.69) is 42.6 Å². The molecule has 0 unspecified atom stereocenters. The van der Waals surface area contributed by atoms with Gasteiger partial charge in [-0.25, -0.2) is 9.98 Å². The maximum atomic E-state index is 4.98. The van der Waals surface area contributed by atoms with Gasteiger partial charge in [0.2, 0.25) is 5.89 Å². The molecule has 0 aliphatic carbocycles. The van der Waals surface area contributed by atoms with Crippen LogP contribution in [0.25, 0.3) is 11.3 Å². The van der Waals surface area contributed by atoms with E-state index in [1.807, 2.05) is 43.3 Å². The minimum atomic E-state index is 0.359. The molecule has 0 fully saturated rings. The Morgan fingerprint density at radius 3 is 2.81 bits per heavy atom. The Bertz CT molecular complexity index is 853. The molecule has 26 heavy (non-hydrogen) atoms. The second-order valence-corrected chi connectivity index (χ2v) is 5.87. The minimum Gasteiger partial charge on any atom is -0.357 e. The smallest absolute Gasteiger partial charge is 0.223 e. The van der Waals surface area contributed by atoms with Crippen molar-refractivity contribution in [3.05, 3.63) is 54.1 Å². The van der Waals surface area contributed by atoms with Crippen LogP contribution >= 0.6 is 0 Å². The van der Waals surface area contributed by atoms with Gasteiger partial charge in [-0.1, -0.05) is 35.5 Å². The maximum absolute atomic E-state index is 4.98. The molecular formula is C18H23N7O. The Labute approximate surface area is 152 Å². The van der Waals surface area contributed by atoms with E-state index in [4.69, 9.17) is 4.52 Å². The summed E-state index contributed by atoms with van der Waals surface area (Å²) in [6, 6.07) is 10.1. The molecule has 0 saturated heterocycles. The summed E-state index contributed by atoms with van der Waals surface area (Å²) in [5.74, 6) is 2.73. The normalized spacial score (nSPS) is 11.6. The molecule has 0 amide bonds. The number of rotatable bonds is 6. The number of nitrogens with zero attached hydrogens (tertiary/aromatic N) is 5. The number of hydrogen-bond acceptors (Lipinski definition) is 5. The van der Waals surface area contributed by atoms with Crippen molar-refractivity contribution in [2.75, 3.05) is 13.6 Å². The van der Waals surface area contributed by atoms with Crippen LogP contribution < -0.4 is 5.32 Å². The SMILES string of the molecule is CCNC(=NCc1noc(C)n1)N(C)Cc1ncc(-c2ccccc2)[nH]1. The Morgan fingerprint density at radius 1 is 1.31 bits per heavy atom. The number of H-pyrrole nitrogens is 1. The summed E-state index contributed by atoms with van der Waals surface area (Å²) in [6.45, 7) is 5.52. The number of aromatic nitrogens is 4. The van der Waals surface area contributed by atoms with Crippen LogP contribution in [0.1, 0.15) is 24.5 Å². The average molecular weight is 353 g/mol. The number of benzene rings is 1. The van der Waals surface area contributed by atoms with Crippen molar-refractivity contribution >= 4 is 5.96 Å². The molecule has 8 heteroatoms. The standard InChI is InChI=1S/C18H23N7O/c1-4-19-18(21-11-16-22-13(2)26-24-16)25(3)12-17-20-10-15(23-17)14-8-6-5-7-9-14/h5-10H,4,11-12H2,1-3H3,(H,19,21)(H,20,23). The first-order valence-corrected chi connectivity index (χ1v) is 8.53. The van der Waals surface area contributed by atoms with Crippen molar-refractivity contribution in [2.45, 2.75) is 26.9 Å². The van der Waals surface area contributed by atoms with Crippen molar-refractivity contribution in [3.8, 4) is 11.3 Å². The molecular weight excluding hydrogens is 330 g/mol. The van der Waals surface area contributed by atoms with Gasteiger partial charge >= 0.3 is 0 Å². The van der Waals surface area contributed by atoms with Crippen molar-refractivity contribution in [1.82, 2.24) is 30.3 Å². The van der Waals surface area contributed by atoms with E-state index >= 15 is 0 Å². The van der Waals surface area contributed by atoms with Crippen molar-refractivity contribution < 1.29 is 4.52 Å². The van der Waals surface area contributed by atoms with Crippen LogP contribution in [-0.2, 0) is 13.1 Å². The molecule has 0 aliphatic rings. The highest BCUT2D eigenvalue weighted by molar-refractivity contribution is 5.79. The fourth-order valence-corrected chi connectivity index (χ4v) is 2.53. The fourth-order valence-electron chi connectivity index (χ4n) is 2.53. The van der Waals surface area contributed by atoms with Gasteiger partial charge in [-0.2, -0.15) is 4.98 Å². The lowest BCUT2D eigenvalue weighted by atomic mass is 10.2. The van der Waals surface area contributed by atoms with Gasteiger partial charge in [-0.05, 0) is 12.5 Å². The number of hydrogen-bond donors (Lipinski definition) is 2. The van der Waals surface area contributed by atoms with Crippen molar-refractivity contribution in [2.24, 2.45) is 4.99 Å². The van der Waals surface area contributed by atoms with Crippen LogP contribution in [0.5, 0.6) is 0 Å². The van der Waals surface area contributed by atoms with Gasteiger partial charge in [0.15, 0.2) is 11.8 Å². The maximum Gasteiger partial charge on any atom is 0.223 e. The number of aryl methyl sites for hydroxylation is 1. The van der Waals surface area contributed by atoms with E-state index in [1.54, 1.807) is 6.92 Å². The zero-order chi connectivity index (χ0) is 18.4. The summed E-state index contributed by atoms with van der Waals surface area (Å²) in [6.07, 6.45) is 1.85. The third kappa shape index (κ3) is 4.47. The van der Waals surface area contributed by atoms with E-state index in [0.717, 1.165) is 29.6 Å². The summed E-state index contributed by atoms with van der Waals surface area (Å²) in [7, 11) is 1.97. The fraction of sp³-hybridized carbons (Fsp3) is 0.333. The van der Waals surface area contributed by atoms with E-state index < -0.39 is 0 Å². The largest absolute Gasteiger partial charge is 0.357 e. The molecule has 0 radical (unpaired) electrons. The van der Waals surface area contributed by atoms with Gasteiger partial charge in [-0.15, -0.1) is 0 Å².